The molecule has 28 heavy (non-hydrogen) atoms. The summed E-state index contributed by atoms with van der Waals surface area (Å²) in [6, 6.07) is 18.1. The zero-order valence-corrected chi connectivity index (χ0v) is 15.1. The van der Waals surface area contributed by atoms with Gasteiger partial charge in [-0.25, -0.2) is 9.18 Å². The van der Waals surface area contributed by atoms with Crippen LogP contribution >= 0.6 is 0 Å². The Morgan fingerprint density at radius 1 is 0.929 bits per heavy atom. The van der Waals surface area contributed by atoms with Gasteiger partial charge in [-0.1, -0.05) is 48.6 Å². The molecule has 5 heteroatoms. The largest absolute Gasteiger partial charge is 0.478 e. The zero-order chi connectivity index (χ0) is 20.1. The number of anilines is 1. The molecule has 4 nitrogen and oxygen atoms in total. The van der Waals surface area contributed by atoms with E-state index >= 15 is 0 Å². The van der Waals surface area contributed by atoms with Crippen molar-refractivity contribution in [3.8, 4) is 0 Å². The Bertz CT molecular complexity index is 1060. The highest BCUT2D eigenvalue weighted by Gasteiger charge is 2.14. The molecule has 0 heterocycles. The SMILES string of the molecule is Cc1ccc(/C=C/c2ccc(C(=O)O)c(NC(=O)c3ccccc3)c2)cc1F. The number of aryl methyl sites for hydroxylation is 1. The van der Waals surface area contributed by atoms with Gasteiger partial charge < -0.3 is 10.4 Å². The van der Waals surface area contributed by atoms with Crippen molar-refractivity contribution in [3.63, 3.8) is 0 Å². The lowest BCUT2D eigenvalue weighted by molar-refractivity contribution is 0.0698. The van der Waals surface area contributed by atoms with Gasteiger partial charge in [0.15, 0.2) is 0 Å². The lowest BCUT2D eigenvalue weighted by Gasteiger charge is -2.10. The smallest absolute Gasteiger partial charge is 0.337 e. The van der Waals surface area contributed by atoms with Crippen molar-refractivity contribution in [2.24, 2.45) is 0 Å². The van der Waals surface area contributed by atoms with Gasteiger partial charge in [0.2, 0.25) is 0 Å². The summed E-state index contributed by atoms with van der Waals surface area (Å²) >= 11 is 0. The van der Waals surface area contributed by atoms with Gasteiger partial charge in [-0.3, -0.25) is 4.79 Å². The Labute approximate surface area is 162 Å². The van der Waals surface area contributed by atoms with Crippen LogP contribution in [0.25, 0.3) is 12.2 Å². The molecule has 3 aromatic rings. The number of hydrogen-bond acceptors (Lipinski definition) is 2. The van der Waals surface area contributed by atoms with Crippen LogP contribution in [0.4, 0.5) is 10.1 Å². The fraction of sp³-hybridized carbons (Fsp3) is 0.0435. The van der Waals surface area contributed by atoms with E-state index in [1.165, 1.54) is 12.1 Å². The maximum absolute atomic E-state index is 13.7. The number of carboxylic acids is 1. The van der Waals surface area contributed by atoms with E-state index in [9.17, 15) is 19.1 Å². The molecule has 0 bridgehead atoms. The number of carbonyl (C=O) groups is 2. The number of carboxylic acid groups (broad SMARTS) is 1. The minimum absolute atomic E-state index is 0.0113. The van der Waals surface area contributed by atoms with Crippen LogP contribution in [0.1, 0.15) is 37.4 Å². The predicted octanol–water partition coefficient (Wildman–Crippen LogP) is 5.26. The van der Waals surface area contributed by atoms with E-state index < -0.39 is 11.9 Å². The third-order valence-electron chi connectivity index (χ3n) is 4.22. The molecule has 0 aliphatic carbocycles. The summed E-state index contributed by atoms with van der Waals surface area (Å²) in [7, 11) is 0. The molecule has 0 saturated carbocycles. The number of aromatic carboxylic acids is 1. The molecular formula is C23H18FNO3. The summed E-state index contributed by atoms with van der Waals surface area (Å²) < 4.78 is 13.7. The fourth-order valence-corrected chi connectivity index (χ4v) is 2.64. The molecule has 3 rings (SSSR count). The maximum Gasteiger partial charge on any atom is 0.337 e. The Morgan fingerprint density at radius 2 is 1.57 bits per heavy atom. The molecule has 0 saturated heterocycles. The highest BCUT2D eigenvalue weighted by Crippen LogP contribution is 2.21. The molecule has 3 aromatic carbocycles. The molecule has 1 amide bonds. The number of benzene rings is 3. The van der Waals surface area contributed by atoms with Crippen LogP contribution in [-0.4, -0.2) is 17.0 Å². The third kappa shape index (κ3) is 4.51. The molecule has 2 N–H and O–H groups in total. The van der Waals surface area contributed by atoms with Gasteiger partial charge in [-0.05, 0) is 53.9 Å². The van der Waals surface area contributed by atoms with Gasteiger partial charge in [0.1, 0.15) is 5.82 Å². The van der Waals surface area contributed by atoms with Crippen LogP contribution in [0.3, 0.4) is 0 Å². The normalized spacial score (nSPS) is 10.8. The number of rotatable bonds is 5. The number of carbonyl (C=O) groups excluding carboxylic acids is 1. The highest BCUT2D eigenvalue weighted by molar-refractivity contribution is 6.08. The lowest BCUT2D eigenvalue weighted by Crippen LogP contribution is -2.14. The summed E-state index contributed by atoms with van der Waals surface area (Å²) in [5.74, 6) is -1.83. The van der Waals surface area contributed by atoms with Crippen molar-refractivity contribution >= 4 is 29.7 Å². The minimum atomic E-state index is -1.14. The molecule has 0 aromatic heterocycles. The first-order valence-corrected chi connectivity index (χ1v) is 8.62. The summed E-state index contributed by atoms with van der Waals surface area (Å²) in [5, 5.41) is 12.0. The molecule has 0 aliphatic rings. The summed E-state index contributed by atoms with van der Waals surface area (Å²) in [6.07, 6.45) is 3.45. The van der Waals surface area contributed by atoms with Crippen molar-refractivity contribution in [2.45, 2.75) is 6.92 Å². The Hall–Kier alpha value is -3.73. The minimum Gasteiger partial charge on any atom is -0.478 e. The van der Waals surface area contributed by atoms with E-state index in [-0.39, 0.29) is 17.1 Å². The van der Waals surface area contributed by atoms with Crippen LogP contribution in [0, 0.1) is 12.7 Å². The van der Waals surface area contributed by atoms with Gasteiger partial charge in [0, 0.05) is 5.56 Å². The number of halogens is 1. The van der Waals surface area contributed by atoms with Gasteiger partial charge in [0.05, 0.1) is 11.3 Å². The van der Waals surface area contributed by atoms with Gasteiger partial charge >= 0.3 is 5.97 Å². The second kappa shape index (κ2) is 8.31. The zero-order valence-electron chi connectivity index (χ0n) is 15.1. The average Bonchev–Trinajstić information content (AvgIpc) is 2.69. The first-order valence-electron chi connectivity index (χ1n) is 8.62. The van der Waals surface area contributed by atoms with E-state index in [0.29, 0.717) is 22.3 Å². The maximum atomic E-state index is 13.7. The molecular weight excluding hydrogens is 357 g/mol. The first kappa shape index (κ1) is 19.0. The second-order valence-electron chi connectivity index (χ2n) is 6.27. The lowest BCUT2D eigenvalue weighted by atomic mass is 10.1. The van der Waals surface area contributed by atoms with Crippen LogP contribution in [0.2, 0.25) is 0 Å². The number of nitrogens with one attached hydrogen (secondary N) is 1. The Balaban J connectivity index is 1.88. The van der Waals surface area contributed by atoms with E-state index in [1.54, 1.807) is 73.7 Å². The molecule has 0 fully saturated rings. The quantitative estimate of drug-likeness (QED) is 0.598. The van der Waals surface area contributed by atoms with Crippen LogP contribution in [0.15, 0.2) is 66.7 Å². The van der Waals surface area contributed by atoms with Crippen LogP contribution in [-0.2, 0) is 0 Å². The van der Waals surface area contributed by atoms with Crippen molar-refractivity contribution in [1.29, 1.82) is 0 Å². The Kier molecular flexibility index (Phi) is 5.65. The molecule has 0 unspecified atom stereocenters. The predicted molar refractivity (Wildman–Crippen MR) is 108 cm³/mol. The van der Waals surface area contributed by atoms with Crippen LogP contribution in [0.5, 0.6) is 0 Å². The Morgan fingerprint density at radius 3 is 2.21 bits per heavy atom. The van der Waals surface area contributed by atoms with E-state index in [1.807, 2.05) is 0 Å². The summed E-state index contributed by atoms with van der Waals surface area (Å²) in [6.45, 7) is 1.69. The summed E-state index contributed by atoms with van der Waals surface area (Å²) in [4.78, 5) is 23.9. The van der Waals surface area contributed by atoms with E-state index in [0.717, 1.165) is 0 Å². The van der Waals surface area contributed by atoms with E-state index in [2.05, 4.69) is 5.32 Å². The average molecular weight is 375 g/mol. The summed E-state index contributed by atoms with van der Waals surface area (Å²) in [5.41, 5.74) is 2.53. The molecule has 0 radical (unpaired) electrons. The standard InChI is InChI=1S/C23H18FNO3/c1-15-7-8-16(13-20(15)24)9-10-17-11-12-19(23(27)28)21(14-17)25-22(26)18-5-3-2-4-6-18/h2-14H,1H3,(H,25,26)(H,27,28)/b10-9+. The molecule has 0 aliphatic heterocycles. The first-order chi connectivity index (χ1) is 13.4. The fourth-order valence-electron chi connectivity index (χ4n) is 2.64. The number of amides is 1. The van der Waals surface area contributed by atoms with Gasteiger partial charge in [-0.15, -0.1) is 0 Å². The topological polar surface area (TPSA) is 66.4 Å². The number of hydrogen-bond donors (Lipinski definition) is 2. The van der Waals surface area contributed by atoms with Crippen molar-refractivity contribution in [2.75, 3.05) is 5.32 Å². The highest BCUT2D eigenvalue weighted by atomic mass is 19.1. The second-order valence-corrected chi connectivity index (χ2v) is 6.27. The van der Waals surface area contributed by atoms with Crippen molar-refractivity contribution in [1.82, 2.24) is 0 Å². The molecule has 0 spiro atoms. The molecule has 140 valence electrons. The van der Waals surface area contributed by atoms with E-state index in [4.69, 9.17) is 0 Å². The van der Waals surface area contributed by atoms with Crippen molar-refractivity contribution in [3.05, 3.63) is 100 Å². The van der Waals surface area contributed by atoms with Crippen molar-refractivity contribution < 1.29 is 19.1 Å². The van der Waals surface area contributed by atoms with Gasteiger partial charge in [-0.2, -0.15) is 0 Å². The van der Waals surface area contributed by atoms with Crippen LogP contribution < -0.4 is 5.32 Å². The van der Waals surface area contributed by atoms with Gasteiger partial charge in [0.25, 0.3) is 5.91 Å². The molecule has 0 atom stereocenters. The third-order valence-corrected chi connectivity index (χ3v) is 4.22. The monoisotopic (exact) mass is 375 g/mol.